The molecule has 2 bridgehead atoms. The van der Waals surface area contributed by atoms with E-state index in [0.717, 1.165) is 0 Å². The van der Waals surface area contributed by atoms with Crippen LogP contribution in [0.25, 0.3) is 0 Å². The second-order valence-corrected chi connectivity index (χ2v) is 16.6. The van der Waals surface area contributed by atoms with E-state index in [4.69, 9.17) is 18.9 Å². The molecule has 5 aliphatic rings. The topological polar surface area (TPSA) is 178 Å². The van der Waals surface area contributed by atoms with Crippen molar-refractivity contribution in [3.05, 3.63) is 22.8 Å². The van der Waals surface area contributed by atoms with Crippen molar-refractivity contribution in [3.63, 3.8) is 0 Å². The van der Waals surface area contributed by atoms with E-state index in [1.807, 2.05) is 0 Å². The lowest BCUT2D eigenvalue weighted by Crippen LogP contribution is -2.69. The summed E-state index contributed by atoms with van der Waals surface area (Å²) in [5.41, 5.74) is -3.39. The minimum Gasteiger partial charge on any atom is -0.456 e. The minimum atomic E-state index is -1.84. The molecule has 10 atom stereocenters. The fourth-order valence-electron chi connectivity index (χ4n) is 8.26. The summed E-state index contributed by atoms with van der Waals surface area (Å²) in [6.45, 7) is 15.9. The number of alkyl carbamates (subject to hydrolysis) is 1. The van der Waals surface area contributed by atoms with Crippen molar-refractivity contribution < 1.29 is 53.4 Å². The lowest BCUT2D eigenvalue weighted by Gasteiger charge is -2.62. The number of carbonyl (C=O) groups is 4. The van der Waals surface area contributed by atoms with Crippen molar-refractivity contribution in [2.45, 2.75) is 142 Å². The van der Waals surface area contributed by atoms with Gasteiger partial charge in [-0.2, -0.15) is 0 Å². The van der Waals surface area contributed by atoms with Gasteiger partial charge in [-0.05, 0) is 84.8 Å². The molecule has 1 heterocycles. The molecular formula is C36H53NO11. The molecule has 0 aromatic rings. The molecule has 12 nitrogen and oxygen atoms in total. The Hall–Kier alpha value is -2.80. The van der Waals surface area contributed by atoms with E-state index in [0.29, 0.717) is 36.2 Å². The quantitative estimate of drug-likeness (QED) is 0.177. The Morgan fingerprint density at radius 3 is 2.27 bits per heavy atom. The molecule has 0 aromatic heterocycles. The summed E-state index contributed by atoms with van der Waals surface area (Å²) in [6.07, 6.45) is -3.45. The van der Waals surface area contributed by atoms with Gasteiger partial charge in [-0.25, -0.2) is 9.59 Å². The number of fused-ring (bicyclic) bond motifs is 5. The minimum absolute atomic E-state index is 0.0704. The molecule has 2 unspecified atom stereocenters. The van der Waals surface area contributed by atoms with Gasteiger partial charge in [-0.1, -0.05) is 25.5 Å². The molecule has 268 valence electrons. The van der Waals surface area contributed by atoms with Crippen molar-refractivity contribution in [2.75, 3.05) is 6.61 Å². The average molecular weight is 676 g/mol. The van der Waals surface area contributed by atoms with Crippen molar-refractivity contribution in [1.29, 1.82) is 0 Å². The third kappa shape index (κ3) is 6.45. The first-order valence-electron chi connectivity index (χ1n) is 17.1. The van der Waals surface area contributed by atoms with Crippen molar-refractivity contribution in [3.8, 4) is 0 Å². The number of aliphatic hydroxyl groups excluding tert-OH is 2. The van der Waals surface area contributed by atoms with Crippen LogP contribution in [0.2, 0.25) is 0 Å². The molecule has 5 rings (SSSR count). The highest BCUT2D eigenvalue weighted by atomic mass is 16.6. The van der Waals surface area contributed by atoms with Crippen LogP contribution in [0.4, 0.5) is 4.79 Å². The smallest absolute Gasteiger partial charge is 0.408 e. The molecular weight excluding hydrogens is 622 g/mol. The van der Waals surface area contributed by atoms with Gasteiger partial charge in [0.1, 0.15) is 11.7 Å². The maximum absolute atomic E-state index is 14.8. The summed E-state index contributed by atoms with van der Waals surface area (Å²) < 4.78 is 23.1. The van der Waals surface area contributed by atoms with Gasteiger partial charge >= 0.3 is 18.0 Å². The van der Waals surface area contributed by atoms with E-state index in [1.54, 1.807) is 62.3 Å². The van der Waals surface area contributed by atoms with Crippen molar-refractivity contribution in [1.82, 2.24) is 5.32 Å². The number of nitrogens with one attached hydrogen (secondary N) is 1. The fourth-order valence-corrected chi connectivity index (χ4v) is 8.26. The number of esters is 2. The number of carbonyl (C=O) groups excluding carboxylic acids is 4. The number of hydrogen-bond donors (Lipinski definition) is 4. The number of ketones is 1. The SMILES string of the molecule is CC(C)=C[C@H](NC(=O)OC(C)(C)C)[C@@H](O)C(=O)O[C@H]1C[C@@]2(O)CC3C4CO[C@@H]4C[C@H](O)[C@@]3(C)C(=O)[C@H](OC(=O)C3CC3)C(=C1C)C2(C)C. The van der Waals surface area contributed by atoms with Crippen LogP contribution in [-0.4, -0.2) is 93.5 Å². The third-order valence-electron chi connectivity index (χ3n) is 11.5. The summed E-state index contributed by atoms with van der Waals surface area (Å²) >= 11 is 0. The molecule has 4 aliphatic carbocycles. The maximum atomic E-state index is 14.8. The molecule has 12 heteroatoms. The molecule has 48 heavy (non-hydrogen) atoms. The predicted octanol–water partition coefficient (Wildman–Crippen LogP) is 3.29. The fraction of sp³-hybridized carbons (Fsp3) is 0.778. The molecule has 1 saturated heterocycles. The molecule has 0 aromatic carbocycles. The second kappa shape index (κ2) is 12.5. The molecule has 0 spiro atoms. The van der Waals surface area contributed by atoms with Crippen molar-refractivity contribution >= 4 is 23.8 Å². The standard InChI is InChI=1S/C36H53NO11/c1-17(2)12-22(37-32(43)48-33(4,5)6)27(39)31(42)46-24-15-36(44)14-21-20-16-45-23(20)13-25(38)35(21,9)29(40)28(47-30(41)19-10-11-19)26(18(24)3)34(36,7)8/h12,19-25,27-28,38-39,44H,10-11,13-16H2,1-9H3,(H,37,43)/t20?,21?,22-,23+,24-,25-,27+,28+,35-,36-/m0/s1. The van der Waals surface area contributed by atoms with Gasteiger partial charge in [-0.15, -0.1) is 0 Å². The van der Waals surface area contributed by atoms with Crippen LogP contribution in [0.1, 0.15) is 94.4 Å². The predicted molar refractivity (Wildman–Crippen MR) is 172 cm³/mol. The van der Waals surface area contributed by atoms with E-state index in [9.17, 15) is 34.5 Å². The zero-order valence-corrected chi connectivity index (χ0v) is 29.6. The zero-order valence-electron chi connectivity index (χ0n) is 29.6. The number of allylic oxidation sites excluding steroid dienone is 1. The van der Waals surface area contributed by atoms with E-state index in [2.05, 4.69) is 5.32 Å². The summed E-state index contributed by atoms with van der Waals surface area (Å²) in [5.74, 6) is -2.97. The number of Topliss-reactive ketones (excluding diaryl/α,β-unsaturated/α-hetero) is 1. The number of ether oxygens (including phenoxy) is 4. The van der Waals surface area contributed by atoms with Crippen LogP contribution in [0.15, 0.2) is 22.8 Å². The number of aliphatic hydroxyl groups is 3. The zero-order chi connectivity index (χ0) is 35.7. The highest BCUT2D eigenvalue weighted by Crippen LogP contribution is 2.61. The Labute approximate surface area is 282 Å². The van der Waals surface area contributed by atoms with Crippen molar-refractivity contribution in [2.24, 2.45) is 28.6 Å². The summed E-state index contributed by atoms with van der Waals surface area (Å²) in [5, 5.41) is 37.9. The van der Waals surface area contributed by atoms with Crippen LogP contribution >= 0.6 is 0 Å². The van der Waals surface area contributed by atoms with Gasteiger partial charge < -0.3 is 39.6 Å². The summed E-state index contributed by atoms with van der Waals surface area (Å²) in [7, 11) is 0. The maximum Gasteiger partial charge on any atom is 0.408 e. The van der Waals surface area contributed by atoms with Gasteiger partial charge in [0.05, 0.1) is 41.8 Å². The lowest BCUT2D eigenvalue weighted by atomic mass is 9.47. The summed E-state index contributed by atoms with van der Waals surface area (Å²) in [4.78, 5) is 54.2. The van der Waals surface area contributed by atoms with E-state index in [1.165, 1.54) is 6.08 Å². The highest BCUT2D eigenvalue weighted by Gasteiger charge is 2.68. The normalized spacial score (nSPS) is 36.9. The van der Waals surface area contributed by atoms with Gasteiger partial charge in [-0.3, -0.25) is 9.59 Å². The average Bonchev–Trinajstić information content (AvgIpc) is 3.79. The number of rotatable bonds is 7. The molecule has 1 amide bonds. The van der Waals surface area contributed by atoms with Crippen LogP contribution in [0.5, 0.6) is 0 Å². The Kier molecular flexibility index (Phi) is 9.51. The van der Waals surface area contributed by atoms with E-state index in [-0.39, 0.29) is 37.2 Å². The molecule has 4 N–H and O–H groups in total. The van der Waals surface area contributed by atoms with Crippen LogP contribution < -0.4 is 5.32 Å². The largest absolute Gasteiger partial charge is 0.456 e. The Balaban J connectivity index is 1.53. The second-order valence-electron chi connectivity index (χ2n) is 16.6. The molecule has 1 aliphatic heterocycles. The van der Waals surface area contributed by atoms with E-state index >= 15 is 0 Å². The van der Waals surface area contributed by atoms with Gasteiger partial charge in [0, 0.05) is 24.2 Å². The number of hydrogen-bond acceptors (Lipinski definition) is 11. The Morgan fingerprint density at radius 2 is 1.73 bits per heavy atom. The van der Waals surface area contributed by atoms with Crippen LogP contribution in [-0.2, 0) is 33.3 Å². The molecule has 3 saturated carbocycles. The Morgan fingerprint density at radius 1 is 1.08 bits per heavy atom. The first-order chi connectivity index (χ1) is 22.1. The van der Waals surface area contributed by atoms with Crippen LogP contribution in [0.3, 0.4) is 0 Å². The lowest BCUT2D eigenvalue weighted by molar-refractivity contribution is -0.244. The van der Waals surface area contributed by atoms with Crippen LogP contribution in [0, 0.1) is 28.6 Å². The summed E-state index contributed by atoms with van der Waals surface area (Å²) in [6, 6.07) is -1.19. The highest BCUT2D eigenvalue weighted by molar-refractivity contribution is 5.95. The Bertz CT molecular complexity index is 1400. The third-order valence-corrected chi connectivity index (χ3v) is 11.5. The van der Waals surface area contributed by atoms with Gasteiger partial charge in [0.2, 0.25) is 0 Å². The molecule has 4 fully saturated rings. The monoisotopic (exact) mass is 675 g/mol. The molecule has 0 radical (unpaired) electrons. The number of amides is 1. The van der Waals surface area contributed by atoms with E-state index < -0.39 is 82.2 Å². The van der Waals surface area contributed by atoms with Gasteiger partial charge in [0.25, 0.3) is 0 Å². The first-order valence-corrected chi connectivity index (χ1v) is 17.1. The first kappa shape index (κ1) is 36.5. The van der Waals surface area contributed by atoms with Gasteiger partial charge in [0.15, 0.2) is 18.0 Å².